The summed E-state index contributed by atoms with van der Waals surface area (Å²) in [5, 5.41) is 9.36. The highest BCUT2D eigenvalue weighted by Gasteiger charge is 2.09. The molecule has 6 heteroatoms. The van der Waals surface area contributed by atoms with E-state index in [-0.39, 0.29) is 5.69 Å². The second-order valence-electron chi connectivity index (χ2n) is 2.82. The van der Waals surface area contributed by atoms with Gasteiger partial charge in [0.1, 0.15) is 0 Å². The van der Waals surface area contributed by atoms with Crippen molar-refractivity contribution in [2.24, 2.45) is 0 Å². The molecule has 0 atom stereocenters. The summed E-state index contributed by atoms with van der Waals surface area (Å²) in [6.07, 6.45) is 0. The van der Waals surface area contributed by atoms with Crippen LogP contribution in [0.5, 0.6) is 0 Å². The number of aromatic amines is 1. The lowest BCUT2D eigenvalue weighted by Crippen LogP contribution is -2.17. The van der Waals surface area contributed by atoms with Gasteiger partial charge in [0, 0.05) is 4.47 Å². The van der Waals surface area contributed by atoms with Gasteiger partial charge in [-0.3, -0.25) is 0 Å². The van der Waals surface area contributed by atoms with Gasteiger partial charge >= 0.3 is 5.69 Å². The highest BCUT2D eigenvalue weighted by molar-refractivity contribution is 9.10. The molecule has 0 radical (unpaired) electrons. The molecule has 0 spiro atoms. The Kier molecular flexibility index (Phi) is 2.20. The Morgan fingerprint density at radius 3 is 2.86 bits per heavy atom. The standard InChI is InChI=1S/C8H7BrN4O/c1-5-3-2-4-6(9)7(5)13-8(14)10-11-12-13/h2-4H,1H3,(H,10,12,14). The smallest absolute Gasteiger partial charge is 0.244 e. The fourth-order valence-electron chi connectivity index (χ4n) is 1.24. The van der Waals surface area contributed by atoms with Gasteiger partial charge in [0.2, 0.25) is 0 Å². The summed E-state index contributed by atoms with van der Waals surface area (Å²) in [7, 11) is 0. The average Bonchev–Trinajstić information content (AvgIpc) is 2.52. The van der Waals surface area contributed by atoms with Gasteiger partial charge in [-0.2, -0.15) is 4.68 Å². The number of hydrogen-bond donors (Lipinski definition) is 1. The Labute approximate surface area is 87.9 Å². The van der Waals surface area contributed by atoms with E-state index in [0.29, 0.717) is 5.69 Å². The first-order valence-corrected chi connectivity index (χ1v) is 4.75. The quantitative estimate of drug-likeness (QED) is 0.827. The Hall–Kier alpha value is -1.43. The van der Waals surface area contributed by atoms with E-state index in [1.165, 1.54) is 4.68 Å². The number of tetrazole rings is 1. The van der Waals surface area contributed by atoms with Crippen molar-refractivity contribution in [2.45, 2.75) is 6.92 Å². The lowest BCUT2D eigenvalue weighted by atomic mass is 10.2. The number of para-hydroxylation sites is 1. The van der Waals surface area contributed by atoms with Crippen LogP contribution in [0.2, 0.25) is 0 Å². The topological polar surface area (TPSA) is 63.6 Å². The minimum absolute atomic E-state index is 0.347. The van der Waals surface area contributed by atoms with Gasteiger partial charge in [-0.05, 0) is 44.9 Å². The second kappa shape index (κ2) is 3.38. The lowest BCUT2D eigenvalue weighted by Gasteiger charge is -2.04. The Bertz CT molecular complexity index is 496. The van der Waals surface area contributed by atoms with Crippen LogP contribution in [0.3, 0.4) is 0 Å². The zero-order chi connectivity index (χ0) is 10.1. The average molecular weight is 255 g/mol. The monoisotopic (exact) mass is 254 g/mol. The van der Waals surface area contributed by atoms with E-state index in [2.05, 4.69) is 31.5 Å². The van der Waals surface area contributed by atoms with Crippen molar-refractivity contribution < 1.29 is 0 Å². The molecule has 0 aliphatic rings. The second-order valence-corrected chi connectivity index (χ2v) is 3.68. The van der Waals surface area contributed by atoms with Gasteiger partial charge in [-0.25, -0.2) is 9.89 Å². The van der Waals surface area contributed by atoms with Gasteiger partial charge in [-0.1, -0.05) is 12.1 Å². The van der Waals surface area contributed by atoms with Crippen molar-refractivity contribution in [3.63, 3.8) is 0 Å². The van der Waals surface area contributed by atoms with Crippen molar-refractivity contribution in [3.05, 3.63) is 38.7 Å². The molecule has 1 aromatic carbocycles. The van der Waals surface area contributed by atoms with E-state index in [9.17, 15) is 4.79 Å². The third kappa shape index (κ3) is 1.37. The summed E-state index contributed by atoms with van der Waals surface area (Å²) < 4.78 is 2.04. The van der Waals surface area contributed by atoms with Crippen LogP contribution in [0.25, 0.3) is 5.69 Å². The van der Waals surface area contributed by atoms with Crippen LogP contribution in [-0.2, 0) is 0 Å². The zero-order valence-electron chi connectivity index (χ0n) is 7.36. The van der Waals surface area contributed by atoms with E-state index in [4.69, 9.17) is 0 Å². The number of aryl methyl sites for hydroxylation is 1. The van der Waals surface area contributed by atoms with Crippen molar-refractivity contribution in [3.8, 4) is 5.69 Å². The Balaban J connectivity index is 2.74. The highest BCUT2D eigenvalue weighted by Crippen LogP contribution is 2.21. The minimum Gasteiger partial charge on any atom is -0.244 e. The largest absolute Gasteiger partial charge is 0.365 e. The van der Waals surface area contributed by atoms with Crippen molar-refractivity contribution in [1.82, 2.24) is 20.2 Å². The summed E-state index contributed by atoms with van der Waals surface area (Å²) in [6.45, 7) is 1.90. The normalized spacial score (nSPS) is 10.4. The first kappa shape index (κ1) is 9.14. The maximum Gasteiger partial charge on any atom is 0.365 e. The van der Waals surface area contributed by atoms with Crippen LogP contribution in [0, 0.1) is 6.92 Å². The molecule has 0 fully saturated rings. The SMILES string of the molecule is Cc1cccc(Br)c1-n1nn[nH]c1=O. The maximum atomic E-state index is 11.3. The van der Waals surface area contributed by atoms with E-state index in [1.807, 2.05) is 25.1 Å². The summed E-state index contributed by atoms with van der Waals surface area (Å²) in [5.74, 6) is 0. The molecule has 2 aromatic rings. The van der Waals surface area contributed by atoms with Gasteiger partial charge in [0.05, 0.1) is 5.69 Å². The number of aromatic nitrogens is 4. The number of H-pyrrole nitrogens is 1. The molecular formula is C8H7BrN4O. The molecule has 0 saturated heterocycles. The minimum atomic E-state index is -0.347. The van der Waals surface area contributed by atoms with Crippen molar-refractivity contribution in [2.75, 3.05) is 0 Å². The van der Waals surface area contributed by atoms with Crippen LogP contribution in [0.15, 0.2) is 27.5 Å². The van der Waals surface area contributed by atoms with Gasteiger partial charge in [0.25, 0.3) is 0 Å². The number of nitrogens with zero attached hydrogens (tertiary/aromatic N) is 3. The van der Waals surface area contributed by atoms with Crippen LogP contribution in [-0.4, -0.2) is 20.2 Å². The fourth-order valence-corrected chi connectivity index (χ4v) is 1.87. The van der Waals surface area contributed by atoms with E-state index >= 15 is 0 Å². The molecule has 1 N–H and O–H groups in total. The van der Waals surface area contributed by atoms with E-state index < -0.39 is 0 Å². The molecule has 0 aliphatic carbocycles. The molecule has 14 heavy (non-hydrogen) atoms. The van der Waals surface area contributed by atoms with E-state index in [1.54, 1.807) is 0 Å². The molecule has 0 saturated carbocycles. The van der Waals surface area contributed by atoms with Crippen LogP contribution >= 0.6 is 15.9 Å². The predicted octanol–water partition coefficient (Wildman–Crippen LogP) is 1.03. The number of halogens is 1. The lowest BCUT2D eigenvalue weighted by molar-refractivity contribution is 0.773. The molecule has 0 bridgehead atoms. The number of hydrogen-bond acceptors (Lipinski definition) is 3. The molecule has 0 amide bonds. The molecule has 2 rings (SSSR count). The molecular weight excluding hydrogens is 248 g/mol. The van der Waals surface area contributed by atoms with Crippen molar-refractivity contribution >= 4 is 15.9 Å². The van der Waals surface area contributed by atoms with E-state index in [0.717, 1.165) is 10.0 Å². The van der Waals surface area contributed by atoms with Gasteiger partial charge in [0.15, 0.2) is 0 Å². The molecule has 72 valence electrons. The summed E-state index contributed by atoms with van der Waals surface area (Å²) in [6, 6.07) is 5.65. The van der Waals surface area contributed by atoms with Gasteiger partial charge in [-0.15, -0.1) is 0 Å². The molecule has 0 unspecified atom stereocenters. The van der Waals surface area contributed by atoms with Gasteiger partial charge < -0.3 is 0 Å². The summed E-state index contributed by atoms with van der Waals surface area (Å²) >= 11 is 3.36. The Morgan fingerprint density at radius 1 is 1.50 bits per heavy atom. The first-order valence-electron chi connectivity index (χ1n) is 3.96. The maximum absolute atomic E-state index is 11.3. The first-order chi connectivity index (χ1) is 6.70. The summed E-state index contributed by atoms with van der Waals surface area (Å²) in [4.78, 5) is 11.3. The number of nitrogens with one attached hydrogen (secondary N) is 1. The van der Waals surface area contributed by atoms with Crippen LogP contribution in [0.4, 0.5) is 0 Å². The third-order valence-corrected chi connectivity index (χ3v) is 2.51. The van der Waals surface area contributed by atoms with Crippen molar-refractivity contribution in [1.29, 1.82) is 0 Å². The van der Waals surface area contributed by atoms with Crippen LogP contribution < -0.4 is 5.69 Å². The molecule has 1 heterocycles. The third-order valence-electron chi connectivity index (χ3n) is 1.87. The molecule has 0 aliphatic heterocycles. The number of rotatable bonds is 1. The fraction of sp³-hybridized carbons (Fsp3) is 0.125. The van der Waals surface area contributed by atoms with Crippen LogP contribution in [0.1, 0.15) is 5.56 Å². The highest BCUT2D eigenvalue weighted by atomic mass is 79.9. The number of benzene rings is 1. The molecule has 1 aromatic heterocycles. The summed E-state index contributed by atoms with van der Waals surface area (Å²) in [5.41, 5.74) is 1.32. The molecule has 5 nitrogen and oxygen atoms in total. The predicted molar refractivity (Wildman–Crippen MR) is 54.4 cm³/mol. The zero-order valence-corrected chi connectivity index (χ0v) is 8.95. The Morgan fingerprint density at radius 2 is 2.29 bits per heavy atom.